The van der Waals surface area contributed by atoms with Gasteiger partial charge in [-0.1, -0.05) is 107 Å². The van der Waals surface area contributed by atoms with E-state index in [1.165, 1.54) is 0 Å². The number of aliphatic imine (C=N–C) groups is 2. The van der Waals surface area contributed by atoms with Crippen LogP contribution in [0.4, 0.5) is 0 Å². The number of halogens is 4. The Hall–Kier alpha value is -5.77. The number of benzene rings is 6. The maximum Gasteiger partial charge on any atom is 0.264 e. The van der Waals surface area contributed by atoms with Gasteiger partial charge in [0.05, 0.1) is 82.5 Å². The lowest BCUT2D eigenvalue weighted by atomic mass is 10.00. The van der Waals surface area contributed by atoms with E-state index >= 15 is 0 Å². The Morgan fingerprint density at radius 2 is 0.845 bits per heavy atom. The van der Waals surface area contributed by atoms with Gasteiger partial charge in [0.15, 0.2) is 0 Å². The molecule has 8 rings (SSSR count). The minimum atomic E-state index is -1.80. The van der Waals surface area contributed by atoms with E-state index in [0.717, 1.165) is 16.7 Å². The SMILES string of the molecule is COc1cccc(C2=NC(c3c(Cl)cccc3Cl)(n3c(-c4c(Cl)cccc4Cl)nc(-c4cccc(OC)c4)c3-c3cccc(OC)c3)N=C2c2cccc(OC)c2)c1. The molecule has 7 aromatic rings. The Morgan fingerprint density at radius 3 is 1.31 bits per heavy atom. The van der Waals surface area contributed by atoms with Crippen LogP contribution in [0, 0.1) is 0 Å². The summed E-state index contributed by atoms with van der Waals surface area (Å²) in [5.41, 5.74) is 5.88. The molecule has 0 saturated carbocycles. The van der Waals surface area contributed by atoms with Crippen LogP contribution in [0.1, 0.15) is 16.7 Å². The first-order chi connectivity index (χ1) is 28.2. The number of hydrogen-bond donors (Lipinski definition) is 0. The third kappa shape index (κ3) is 6.96. The molecule has 0 amide bonds. The van der Waals surface area contributed by atoms with Crippen LogP contribution in [0.3, 0.4) is 0 Å². The van der Waals surface area contributed by atoms with Crippen LogP contribution in [0.25, 0.3) is 33.9 Å². The highest BCUT2D eigenvalue weighted by atomic mass is 35.5. The standard InChI is InChI=1S/C46H34Cl4N4O4/c1-55-31-15-5-11-27(23-31)41-42(28-12-6-16-32(24-28)56-2)53-46(52-41,40-37(49)21-10-22-38(40)50)54-44(30-14-8-18-34(26-30)58-4)43(29-13-7-17-33(25-29)57-3)51-45(54)39-35(47)19-9-20-36(39)48/h5-26H,1-4H3. The molecule has 1 aromatic heterocycles. The molecule has 6 aromatic carbocycles. The van der Waals surface area contributed by atoms with Gasteiger partial charge in [0, 0.05) is 22.3 Å². The quantitative estimate of drug-likeness (QED) is 0.130. The smallest absolute Gasteiger partial charge is 0.264 e. The predicted octanol–water partition coefficient (Wildman–Crippen LogP) is 12.2. The van der Waals surface area contributed by atoms with Crippen molar-refractivity contribution >= 4 is 57.8 Å². The number of methoxy groups -OCH3 is 4. The van der Waals surface area contributed by atoms with Crippen LogP contribution in [-0.4, -0.2) is 49.4 Å². The fraction of sp³-hybridized carbons (Fsp3) is 0.109. The van der Waals surface area contributed by atoms with Crippen LogP contribution < -0.4 is 18.9 Å². The molecule has 1 aliphatic rings. The molecule has 0 N–H and O–H groups in total. The van der Waals surface area contributed by atoms with Gasteiger partial charge in [-0.3, -0.25) is 4.57 Å². The van der Waals surface area contributed by atoms with Gasteiger partial charge in [-0.15, -0.1) is 0 Å². The zero-order valence-corrected chi connectivity index (χ0v) is 34.7. The van der Waals surface area contributed by atoms with Crippen LogP contribution in [-0.2, 0) is 5.79 Å². The lowest BCUT2D eigenvalue weighted by Gasteiger charge is -2.31. The van der Waals surface area contributed by atoms with Gasteiger partial charge in [-0.2, -0.15) is 0 Å². The molecular formula is C46H34Cl4N4O4. The van der Waals surface area contributed by atoms with Gasteiger partial charge in [-0.25, -0.2) is 15.0 Å². The number of aromatic nitrogens is 2. The van der Waals surface area contributed by atoms with E-state index in [4.69, 9.17) is 80.3 Å². The lowest BCUT2D eigenvalue weighted by molar-refractivity contribution is 0.407. The van der Waals surface area contributed by atoms with Gasteiger partial charge in [0.1, 0.15) is 28.8 Å². The minimum absolute atomic E-state index is 0.307. The van der Waals surface area contributed by atoms with E-state index in [2.05, 4.69) is 0 Å². The molecular weight excluding hydrogens is 814 g/mol. The van der Waals surface area contributed by atoms with Crippen molar-refractivity contribution in [1.29, 1.82) is 0 Å². The maximum atomic E-state index is 7.32. The second-order valence-electron chi connectivity index (χ2n) is 13.1. The van der Waals surface area contributed by atoms with Gasteiger partial charge >= 0.3 is 0 Å². The molecule has 0 radical (unpaired) electrons. The molecule has 58 heavy (non-hydrogen) atoms. The Balaban J connectivity index is 1.63. The number of hydrogen-bond acceptors (Lipinski definition) is 7. The predicted molar refractivity (Wildman–Crippen MR) is 234 cm³/mol. The van der Waals surface area contributed by atoms with E-state index < -0.39 is 5.79 Å². The van der Waals surface area contributed by atoms with E-state index in [9.17, 15) is 0 Å². The van der Waals surface area contributed by atoms with E-state index in [-0.39, 0.29) is 0 Å². The summed E-state index contributed by atoms with van der Waals surface area (Å²) in [7, 11) is 6.47. The largest absolute Gasteiger partial charge is 0.497 e. The number of rotatable bonds is 11. The summed E-state index contributed by atoms with van der Waals surface area (Å²) in [5.74, 6) is 1.03. The first kappa shape index (κ1) is 39.1. The summed E-state index contributed by atoms with van der Waals surface area (Å²) in [6.07, 6.45) is 0. The molecule has 0 fully saturated rings. The Morgan fingerprint density at radius 1 is 0.466 bits per heavy atom. The molecule has 2 heterocycles. The summed E-state index contributed by atoms with van der Waals surface area (Å²) < 4.78 is 24.8. The zero-order valence-electron chi connectivity index (χ0n) is 31.6. The zero-order chi connectivity index (χ0) is 40.6. The van der Waals surface area contributed by atoms with Crippen LogP contribution >= 0.6 is 46.4 Å². The molecule has 0 aliphatic carbocycles. The molecule has 0 unspecified atom stereocenters. The first-order valence-electron chi connectivity index (χ1n) is 18.0. The van der Waals surface area contributed by atoms with Crippen molar-refractivity contribution in [2.75, 3.05) is 28.4 Å². The van der Waals surface area contributed by atoms with Crippen molar-refractivity contribution in [3.05, 3.63) is 170 Å². The molecule has 0 bridgehead atoms. The van der Waals surface area contributed by atoms with E-state index in [1.54, 1.807) is 64.8 Å². The van der Waals surface area contributed by atoms with Crippen molar-refractivity contribution < 1.29 is 18.9 Å². The van der Waals surface area contributed by atoms with Crippen molar-refractivity contribution in [1.82, 2.24) is 9.55 Å². The Labute approximate surface area is 355 Å². The summed E-state index contributed by atoms with van der Waals surface area (Å²) >= 11 is 28.9. The van der Waals surface area contributed by atoms with Crippen LogP contribution in [0.2, 0.25) is 20.1 Å². The third-order valence-electron chi connectivity index (χ3n) is 9.81. The van der Waals surface area contributed by atoms with Crippen molar-refractivity contribution in [3.63, 3.8) is 0 Å². The molecule has 8 nitrogen and oxygen atoms in total. The van der Waals surface area contributed by atoms with Crippen LogP contribution in [0.5, 0.6) is 23.0 Å². The molecule has 0 atom stereocenters. The fourth-order valence-electron chi connectivity index (χ4n) is 7.14. The first-order valence-corrected chi connectivity index (χ1v) is 19.5. The monoisotopic (exact) mass is 846 g/mol. The average Bonchev–Trinajstić information content (AvgIpc) is 3.85. The molecule has 0 saturated heterocycles. The fourth-order valence-corrected chi connectivity index (χ4v) is 8.36. The number of ether oxygens (including phenoxy) is 4. The average molecular weight is 849 g/mol. The van der Waals surface area contributed by atoms with Crippen LogP contribution in [0.15, 0.2) is 143 Å². The van der Waals surface area contributed by atoms with E-state index in [0.29, 0.717) is 88.4 Å². The maximum absolute atomic E-state index is 7.32. The molecule has 12 heteroatoms. The second kappa shape index (κ2) is 16.2. The third-order valence-corrected chi connectivity index (χ3v) is 11.1. The van der Waals surface area contributed by atoms with Gasteiger partial charge < -0.3 is 18.9 Å². The van der Waals surface area contributed by atoms with E-state index in [1.807, 2.05) is 102 Å². The lowest BCUT2D eigenvalue weighted by Crippen LogP contribution is -2.32. The Bertz CT molecular complexity index is 2660. The van der Waals surface area contributed by atoms with Crippen molar-refractivity contribution in [2.24, 2.45) is 9.98 Å². The van der Waals surface area contributed by atoms with Gasteiger partial charge in [-0.05, 0) is 72.8 Å². The van der Waals surface area contributed by atoms with Gasteiger partial charge in [0.25, 0.3) is 5.79 Å². The highest BCUT2D eigenvalue weighted by Gasteiger charge is 2.48. The highest BCUT2D eigenvalue weighted by molar-refractivity contribution is 6.55. The summed E-state index contributed by atoms with van der Waals surface area (Å²) in [5, 5.41) is 1.31. The van der Waals surface area contributed by atoms with Gasteiger partial charge in [0.2, 0.25) is 0 Å². The number of imidazole rings is 1. The minimum Gasteiger partial charge on any atom is -0.497 e. The second-order valence-corrected chi connectivity index (χ2v) is 14.8. The normalized spacial score (nSPS) is 13.2. The molecule has 290 valence electrons. The summed E-state index contributed by atoms with van der Waals surface area (Å²) in [6, 6.07) is 41.2. The van der Waals surface area contributed by atoms with Crippen molar-refractivity contribution in [3.8, 4) is 56.9 Å². The molecule has 1 aliphatic heterocycles. The molecule has 0 spiro atoms. The number of nitrogens with zero attached hydrogens (tertiary/aromatic N) is 4. The Kier molecular flexibility index (Phi) is 10.9. The highest BCUT2D eigenvalue weighted by Crippen LogP contribution is 2.51. The summed E-state index contributed by atoms with van der Waals surface area (Å²) in [6.45, 7) is 0. The summed E-state index contributed by atoms with van der Waals surface area (Å²) in [4.78, 5) is 16.8. The van der Waals surface area contributed by atoms with Crippen molar-refractivity contribution in [2.45, 2.75) is 5.79 Å². The topological polar surface area (TPSA) is 79.5 Å².